The van der Waals surface area contributed by atoms with E-state index in [9.17, 15) is 0 Å². The van der Waals surface area contributed by atoms with Gasteiger partial charge in [-0.15, -0.1) is 0 Å². The van der Waals surface area contributed by atoms with Crippen LogP contribution in [0, 0.1) is 0 Å². The van der Waals surface area contributed by atoms with Crippen LogP contribution in [0.3, 0.4) is 0 Å². The maximum absolute atomic E-state index is 6.58. The Morgan fingerprint density at radius 1 is 1.29 bits per heavy atom. The fourth-order valence-electron chi connectivity index (χ4n) is 3.63. The fraction of sp³-hybridized carbons (Fsp3) is 1.00. The van der Waals surface area contributed by atoms with Crippen LogP contribution in [-0.2, 0) is 13.9 Å². The van der Waals surface area contributed by atoms with Crippen molar-refractivity contribution < 1.29 is 13.9 Å². The molecule has 2 unspecified atom stereocenters. The van der Waals surface area contributed by atoms with Gasteiger partial charge in [-0.2, -0.15) is 0 Å². The van der Waals surface area contributed by atoms with E-state index >= 15 is 0 Å². The number of nitrogens with zero attached hydrogens (tertiary/aromatic N) is 1. The second-order valence-corrected chi connectivity index (χ2v) is 15.6. The second-order valence-electron chi connectivity index (χ2n) is 8.12. The molecular formula is C18H41NO3Si2. The van der Waals surface area contributed by atoms with Crippen LogP contribution in [-0.4, -0.2) is 73.8 Å². The van der Waals surface area contributed by atoms with Gasteiger partial charge in [0.15, 0.2) is 8.32 Å². The average Bonchev–Trinajstić information content (AvgIpc) is 2.49. The van der Waals surface area contributed by atoms with Crippen molar-refractivity contribution >= 4 is 17.1 Å². The van der Waals surface area contributed by atoms with E-state index < -0.39 is 17.1 Å². The number of methoxy groups -OCH3 is 1. The van der Waals surface area contributed by atoms with Crippen molar-refractivity contribution in [3.63, 3.8) is 0 Å². The summed E-state index contributed by atoms with van der Waals surface area (Å²) in [4.78, 5) is 2.70. The van der Waals surface area contributed by atoms with Gasteiger partial charge in [-0.3, -0.25) is 0 Å². The van der Waals surface area contributed by atoms with Crippen molar-refractivity contribution in [2.45, 2.75) is 76.6 Å². The summed E-state index contributed by atoms with van der Waals surface area (Å²) >= 11 is 0. The molecule has 1 rings (SSSR count). The Morgan fingerprint density at radius 2 is 2.04 bits per heavy atom. The molecule has 0 amide bonds. The first-order valence-corrected chi connectivity index (χ1v) is 16.0. The Bertz CT molecular complexity index is 329. The minimum atomic E-state index is -1.54. The molecule has 0 saturated carbocycles. The Balaban J connectivity index is 2.70. The molecule has 4 nitrogen and oxygen atoms in total. The van der Waals surface area contributed by atoms with Gasteiger partial charge in [-0.25, -0.2) is 0 Å². The first kappa shape index (κ1) is 22.3. The highest BCUT2D eigenvalue weighted by molar-refractivity contribution is 6.71. The molecule has 1 fully saturated rings. The molecule has 0 aromatic rings. The van der Waals surface area contributed by atoms with E-state index in [2.05, 4.69) is 38.0 Å². The zero-order valence-electron chi connectivity index (χ0n) is 17.0. The Morgan fingerprint density at radius 3 is 2.67 bits per heavy atom. The third-order valence-electron chi connectivity index (χ3n) is 4.95. The van der Waals surface area contributed by atoms with Gasteiger partial charge in [0.1, 0.15) is 0 Å². The fourth-order valence-corrected chi connectivity index (χ4v) is 7.72. The van der Waals surface area contributed by atoms with E-state index in [-0.39, 0.29) is 6.10 Å². The first-order chi connectivity index (χ1) is 11.4. The minimum absolute atomic E-state index is 0.238. The molecule has 144 valence electrons. The molecule has 1 aliphatic heterocycles. The molecule has 0 aromatic heterocycles. The molecule has 0 aromatic carbocycles. The molecule has 6 heteroatoms. The van der Waals surface area contributed by atoms with Gasteiger partial charge in [0.05, 0.1) is 21.5 Å². The standard InChI is InChI=1S/C18H41NO3Si2/c1-7-8-12-21-16-17-15-19(11-9-14-24(5,6)22-17)18(23(3)4)10-13-20-2/h17-18,23H,7-16H2,1-6H3. The minimum Gasteiger partial charge on any atom is -0.411 e. The molecule has 1 aliphatic rings. The zero-order chi connectivity index (χ0) is 18.0. The van der Waals surface area contributed by atoms with Crippen LogP contribution in [0.5, 0.6) is 0 Å². The van der Waals surface area contributed by atoms with Crippen LogP contribution >= 0.6 is 0 Å². The van der Waals surface area contributed by atoms with Gasteiger partial charge in [0.25, 0.3) is 0 Å². The van der Waals surface area contributed by atoms with E-state index in [1.807, 2.05) is 7.11 Å². The predicted molar refractivity (Wildman–Crippen MR) is 108 cm³/mol. The van der Waals surface area contributed by atoms with Crippen molar-refractivity contribution in [2.24, 2.45) is 0 Å². The molecule has 1 heterocycles. The first-order valence-electron chi connectivity index (χ1n) is 9.88. The number of ether oxygens (including phenoxy) is 2. The van der Waals surface area contributed by atoms with Gasteiger partial charge in [-0.05, 0) is 44.9 Å². The SMILES string of the molecule is CCCCOCC1CN(C(CCOC)[SiH](C)C)CCC[Si](C)(C)O1. The number of hydrogen-bond donors (Lipinski definition) is 0. The quantitative estimate of drug-likeness (QED) is 0.432. The molecular weight excluding hydrogens is 334 g/mol. The summed E-state index contributed by atoms with van der Waals surface area (Å²) in [6.07, 6.45) is 5.00. The van der Waals surface area contributed by atoms with Gasteiger partial charge in [-0.1, -0.05) is 26.4 Å². The number of hydrogen-bond acceptors (Lipinski definition) is 4. The van der Waals surface area contributed by atoms with E-state index in [1.165, 1.54) is 25.4 Å². The van der Waals surface area contributed by atoms with Crippen LogP contribution in [0.25, 0.3) is 0 Å². The van der Waals surface area contributed by atoms with Crippen molar-refractivity contribution in [2.75, 3.05) is 40.0 Å². The summed E-state index contributed by atoms with van der Waals surface area (Å²) < 4.78 is 17.9. The summed E-state index contributed by atoms with van der Waals surface area (Å²) in [7, 11) is -0.491. The topological polar surface area (TPSA) is 30.9 Å². The van der Waals surface area contributed by atoms with Gasteiger partial charge in [0.2, 0.25) is 0 Å². The largest absolute Gasteiger partial charge is 0.411 e. The third-order valence-corrected chi connectivity index (χ3v) is 9.77. The lowest BCUT2D eigenvalue weighted by Crippen LogP contribution is -2.53. The van der Waals surface area contributed by atoms with Gasteiger partial charge >= 0.3 is 0 Å². The lowest BCUT2D eigenvalue weighted by molar-refractivity contribution is 0.0152. The van der Waals surface area contributed by atoms with Crippen molar-refractivity contribution in [1.29, 1.82) is 0 Å². The smallest absolute Gasteiger partial charge is 0.187 e. The van der Waals surface area contributed by atoms with Crippen LogP contribution in [0.15, 0.2) is 0 Å². The molecule has 0 bridgehead atoms. The summed E-state index contributed by atoms with van der Waals surface area (Å²) in [5.41, 5.74) is 0.703. The van der Waals surface area contributed by atoms with Crippen LogP contribution < -0.4 is 0 Å². The van der Waals surface area contributed by atoms with Crippen molar-refractivity contribution in [3.05, 3.63) is 0 Å². The summed E-state index contributed by atoms with van der Waals surface area (Å²) in [5, 5.41) is 0. The van der Waals surface area contributed by atoms with Gasteiger partial charge < -0.3 is 18.8 Å². The zero-order valence-corrected chi connectivity index (χ0v) is 19.1. The van der Waals surface area contributed by atoms with Crippen molar-refractivity contribution in [3.8, 4) is 0 Å². The Labute approximate surface area is 153 Å². The highest BCUT2D eigenvalue weighted by atomic mass is 28.4. The summed E-state index contributed by atoms with van der Waals surface area (Å²) in [5.74, 6) is 0. The average molecular weight is 376 g/mol. The van der Waals surface area contributed by atoms with Crippen LogP contribution in [0.1, 0.15) is 32.6 Å². The molecule has 2 atom stereocenters. The predicted octanol–water partition coefficient (Wildman–Crippen LogP) is 3.53. The lowest BCUT2D eigenvalue weighted by Gasteiger charge is -2.41. The van der Waals surface area contributed by atoms with Crippen LogP contribution in [0.2, 0.25) is 32.2 Å². The van der Waals surface area contributed by atoms with E-state index in [0.29, 0.717) is 5.67 Å². The maximum Gasteiger partial charge on any atom is 0.187 e. The van der Waals surface area contributed by atoms with E-state index in [1.54, 1.807) is 0 Å². The molecule has 1 saturated heterocycles. The normalized spacial score (nSPS) is 23.9. The van der Waals surface area contributed by atoms with E-state index in [0.717, 1.165) is 39.2 Å². The maximum atomic E-state index is 6.58. The summed E-state index contributed by atoms with van der Waals surface area (Å²) in [6.45, 7) is 16.6. The number of unbranched alkanes of at least 4 members (excludes halogenated alkanes) is 1. The third kappa shape index (κ3) is 8.58. The highest BCUT2D eigenvalue weighted by Gasteiger charge is 2.33. The summed E-state index contributed by atoms with van der Waals surface area (Å²) in [6, 6.07) is 1.26. The molecule has 0 radical (unpaired) electrons. The monoisotopic (exact) mass is 375 g/mol. The Hall–Kier alpha value is 0.274. The Kier molecular flexibility index (Phi) is 11.0. The molecule has 0 N–H and O–H groups in total. The van der Waals surface area contributed by atoms with Crippen LogP contribution in [0.4, 0.5) is 0 Å². The number of rotatable bonds is 10. The van der Waals surface area contributed by atoms with E-state index in [4.69, 9.17) is 13.9 Å². The molecule has 0 spiro atoms. The van der Waals surface area contributed by atoms with Crippen molar-refractivity contribution in [1.82, 2.24) is 4.90 Å². The van der Waals surface area contributed by atoms with Gasteiger partial charge in [0, 0.05) is 32.5 Å². The lowest BCUT2D eigenvalue weighted by atomic mass is 10.2. The second kappa shape index (κ2) is 11.8. The highest BCUT2D eigenvalue weighted by Crippen LogP contribution is 2.23. The molecule has 24 heavy (non-hydrogen) atoms. The molecule has 0 aliphatic carbocycles.